The predicted octanol–water partition coefficient (Wildman–Crippen LogP) is -0.155. The third-order valence-corrected chi connectivity index (χ3v) is 2.62. The molecule has 4 N–H and O–H groups in total. The zero-order chi connectivity index (χ0) is 13.6. The highest BCUT2D eigenvalue weighted by atomic mass is 16.3. The number of hydrogen-bond donors (Lipinski definition) is 4. The van der Waals surface area contributed by atoms with E-state index >= 15 is 0 Å². The number of carbonyl (C=O) groups is 1. The van der Waals surface area contributed by atoms with Crippen LogP contribution in [-0.4, -0.2) is 50.6 Å². The van der Waals surface area contributed by atoms with Crippen LogP contribution >= 0.6 is 0 Å². The highest BCUT2D eigenvalue weighted by Gasteiger charge is 2.23. The fourth-order valence-electron chi connectivity index (χ4n) is 1.49. The van der Waals surface area contributed by atoms with Crippen molar-refractivity contribution in [3.05, 3.63) is 0 Å². The van der Waals surface area contributed by atoms with E-state index in [1.165, 1.54) is 6.92 Å². The molecule has 0 aromatic heterocycles. The smallest absolute Gasteiger partial charge is 0.137 e. The topological polar surface area (TPSA) is 98.0 Å². The molecule has 0 heterocycles. The summed E-state index contributed by atoms with van der Waals surface area (Å²) < 4.78 is 0. The van der Waals surface area contributed by atoms with Crippen LogP contribution in [0.15, 0.2) is 0 Å². The Kier molecular flexibility index (Phi) is 7.54. The molecule has 0 amide bonds. The maximum Gasteiger partial charge on any atom is 0.137 e. The Morgan fingerprint density at radius 1 is 0.941 bits per heavy atom. The average Bonchev–Trinajstić information content (AvgIpc) is 2.15. The number of ketones is 1. The van der Waals surface area contributed by atoms with Gasteiger partial charge in [-0.15, -0.1) is 0 Å². The zero-order valence-electron chi connectivity index (χ0n) is 10.7. The first-order valence-corrected chi connectivity index (χ1v) is 5.99. The Hall–Kier alpha value is -0.490. The van der Waals surface area contributed by atoms with Gasteiger partial charge in [-0.25, -0.2) is 0 Å². The SMILES string of the molecule is CC(O)CC(O)C(O)CC(O)CC(=O)C(C)C. The standard InChI is InChI=1S/C12H24O5/c1-7(2)10(15)5-9(14)6-12(17)11(16)4-8(3)13/h7-9,11-14,16-17H,4-6H2,1-3H3. The zero-order valence-corrected chi connectivity index (χ0v) is 10.7. The molecule has 0 spiro atoms. The Labute approximate surface area is 102 Å². The second-order valence-electron chi connectivity index (χ2n) is 4.93. The number of rotatable bonds is 8. The molecule has 0 aromatic rings. The fraction of sp³-hybridized carbons (Fsp3) is 0.917. The summed E-state index contributed by atoms with van der Waals surface area (Å²) in [5, 5.41) is 37.6. The van der Waals surface area contributed by atoms with E-state index in [2.05, 4.69) is 0 Å². The molecule has 0 aliphatic heterocycles. The first-order valence-electron chi connectivity index (χ1n) is 5.99. The number of hydrogen-bond acceptors (Lipinski definition) is 5. The van der Waals surface area contributed by atoms with Crippen LogP contribution in [0.4, 0.5) is 0 Å². The van der Waals surface area contributed by atoms with Crippen molar-refractivity contribution in [3.8, 4) is 0 Å². The van der Waals surface area contributed by atoms with Gasteiger partial charge >= 0.3 is 0 Å². The van der Waals surface area contributed by atoms with Crippen molar-refractivity contribution in [1.82, 2.24) is 0 Å². The Morgan fingerprint density at radius 2 is 1.41 bits per heavy atom. The lowest BCUT2D eigenvalue weighted by atomic mass is 9.96. The van der Waals surface area contributed by atoms with Gasteiger partial charge in [0.1, 0.15) is 5.78 Å². The summed E-state index contributed by atoms with van der Waals surface area (Å²) in [6.07, 6.45) is -3.91. The highest BCUT2D eigenvalue weighted by Crippen LogP contribution is 2.12. The Balaban J connectivity index is 4.02. The summed E-state index contributed by atoms with van der Waals surface area (Å²) in [5.41, 5.74) is 0. The highest BCUT2D eigenvalue weighted by molar-refractivity contribution is 5.80. The van der Waals surface area contributed by atoms with Crippen molar-refractivity contribution in [1.29, 1.82) is 0 Å². The van der Waals surface area contributed by atoms with Crippen molar-refractivity contribution in [3.63, 3.8) is 0 Å². The van der Waals surface area contributed by atoms with E-state index in [9.17, 15) is 20.1 Å². The van der Waals surface area contributed by atoms with Crippen LogP contribution in [0.2, 0.25) is 0 Å². The van der Waals surface area contributed by atoms with Crippen LogP contribution in [0.3, 0.4) is 0 Å². The van der Waals surface area contributed by atoms with Crippen LogP contribution < -0.4 is 0 Å². The molecule has 0 radical (unpaired) electrons. The molecular weight excluding hydrogens is 224 g/mol. The lowest BCUT2D eigenvalue weighted by molar-refractivity contribution is -0.124. The minimum atomic E-state index is -1.13. The Bertz CT molecular complexity index is 227. The van der Waals surface area contributed by atoms with E-state index in [1.54, 1.807) is 13.8 Å². The molecule has 102 valence electrons. The minimum Gasteiger partial charge on any atom is -0.393 e. The molecule has 0 aliphatic carbocycles. The van der Waals surface area contributed by atoms with Crippen molar-refractivity contribution >= 4 is 5.78 Å². The fourth-order valence-corrected chi connectivity index (χ4v) is 1.49. The molecular formula is C12H24O5. The van der Waals surface area contributed by atoms with Crippen molar-refractivity contribution in [2.45, 2.75) is 64.4 Å². The van der Waals surface area contributed by atoms with Gasteiger partial charge in [-0.1, -0.05) is 13.8 Å². The molecule has 0 fully saturated rings. The molecule has 0 rings (SSSR count). The van der Waals surface area contributed by atoms with E-state index in [0.29, 0.717) is 0 Å². The van der Waals surface area contributed by atoms with Crippen molar-refractivity contribution in [2.75, 3.05) is 0 Å². The number of aliphatic hydroxyl groups is 4. The van der Waals surface area contributed by atoms with Crippen LogP contribution in [0.1, 0.15) is 40.0 Å². The van der Waals surface area contributed by atoms with Crippen LogP contribution in [0, 0.1) is 5.92 Å². The molecule has 0 saturated carbocycles. The predicted molar refractivity (Wildman–Crippen MR) is 63.4 cm³/mol. The second-order valence-corrected chi connectivity index (χ2v) is 4.93. The summed E-state index contributed by atoms with van der Waals surface area (Å²) in [5.74, 6) is -0.223. The van der Waals surface area contributed by atoms with E-state index < -0.39 is 24.4 Å². The molecule has 0 saturated heterocycles. The number of aliphatic hydroxyl groups excluding tert-OH is 4. The maximum atomic E-state index is 11.3. The van der Waals surface area contributed by atoms with E-state index in [4.69, 9.17) is 5.11 Å². The summed E-state index contributed by atoms with van der Waals surface area (Å²) >= 11 is 0. The average molecular weight is 248 g/mol. The molecule has 0 aromatic carbocycles. The van der Waals surface area contributed by atoms with Gasteiger partial charge in [0.25, 0.3) is 0 Å². The van der Waals surface area contributed by atoms with E-state index in [1.807, 2.05) is 0 Å². The van der Waals surface area contributed by atoms with Gasteiger partial charge in [-0.05, 0) is 6.92 Å². The summed E-state index contributed by atoms with van der Waals surface area (Å²) in [6, 6.07) is 0. The van der Waals surface area contributed by atoms with Crippen LogP contribution in [0.5, 0.6) is 0 Å². The minimum absolute atomic E-state index is 0.0177. The molecule has 0 bridgehead atoms. The first kappa shape index (κ1) is 16.5. The van der Waals surface area contributed by atoms with Gasteiger partial charge in [0.2, 0.25) is 0 Å². The third kappa shape index (κ3) is 7.44. The molecule has 0 aliphatic rings. The third-order valence-electron chi connectivity index (χ3n) is 2.62. The summed E-state index contributed by atoms with van der Waals surface area (Å²) in [6.45, 7) is 5.00. The number of carbonyl (C=O) groups excluding carboxylic acids is 1. The van der Waals surface area contributed by atoms with Gasteiger partial charge in [0.15, 0.2) is 0 Å². The Morgan fingerprint density at radius 3 is 1.82 bits per heavy atom. The summed E-state index contributed by atoms with van der Waals surface area (Å²) in [4.78, 5) is 11.3. The normalized spacial score (nSPS) is 18.8. The van der Waals surface area contributed by atoms with Gasteiger partial charge in [0.05, 0.1) is 24.4 Å². The van der Waals surface area contributed by atoms with Gasteiger partial charge in [-0.2, -0.15) is 0 Å². The lowest BCUT2D eigenvalue weighted by Gasteiger charge is -2.21. The van der Waals surface area contributed by atoms with Crippen molar-refractivity contribution in [2.24, 2.45) is 5.92 Å². The summed E-state index contributed by atoms with van der Waals surface area (Å²) in [7, 11) is 0. The molecule has 5 nitrogen and oxygen atoms in total. The van der Waals surface area contributed by atoms with Gasteiger partial charge in [0, 0.05) is 25.2 Å². The van der Waals surface area contributed by atoms with E-state index in [0.717, 1.165) is 0 Å². The van der Waals surface area contributed by atoms with Crippen molar-refractivity contribution < 1.29 is 25.2 Å². The quantitative estimate of drug-likeness (QED) is 0.479. The molecule has 4 atom stereocenters. The molecule has 17 heavy (non-hydrogen) atoms. The molecule has 5 heteroatoms. The van der Waals surface area contributed by atoms with Gasteiger partial charge in [-0.3, -0.25) is 4.79 Å². The largest absolute Gasteiger partial charge is 0.393 e. The number of Topliss-reactive ketones (excluding diaryl/α,β-unsaturated/α-hetero) is 1. The van der Waals surface area contributed by atoms with Gasteiger partial charge < -0.3 is 20.4 Å². The lowest BCUT2D eigenvalue weighted by Crippen LogP contribution is -2.33. The van der Waals surface area contributed by atoms with Crippen LogP contribution in [0.25, 0.3) is 0 Å². The monoisotopic (exact) mass is 248 g/mol. The molecule has 4 unspecified atom stereocenters. The van der Waals surface area contributed by atoms with E-state index in [-0.39, 0.29) is 31.0 Å². The first-order chi connectivity index (χ1) is 7.73. The maximum absolute atomic E-state index is 11.3. The second kappa shape index (κ2) is 7.76. The van der Waals surface area contributed by atoms with Crippen LogP contribution in [-0.2, 0) is 4.79 Å².